The molecular weight excluding hydrogens is 298 g/mol. The van der Waals surface area contributed by atoms with Crippen LogP contribution in [0.1, 0.15) is 19.8 Å². The number of guanidine groups is 1. The van der Waals surface area contributed by atoms with E-state index in [1.54, 1.807) is 0 Å². The number of benzene rings is 1. The van der Waals surface area contributed by atoms with Crippen LogP contribution in [0.3, 0.4) is 0 Å². The molecule has 1 atom stereocenters. The molecule has 0 aromatic heterocycles. The molecule has 21 heavy (non-hydrogen) atoms. The van der Waals surface area contributed by atoms with Crippen molar-refractivity contribution >= 4 is 29.5 Å². The van der Waals surface area contributed by atoms with Crippen LogP contribution in [0.5, 0.6) is 0 Å². The van der Waals surface area contributed by atoms with Crippen LogP contribution in [0.2, 0.25) is 0 Å². The summed E-state index contributed by atoms with van der Waals surface area (Å²) in [7, 11) is 1.84. The Kier molecular flexibility index (Phi) is 6.77. The Labute approximate surface area is 136 Å². The fraction of sp³-hybridized carbons (Fsp3) is 0.562. The number of rotatable bonds is 6. The maximum Gasteiger partial charge on any atom is 0.191 e. The Morgan fingerprint density at radius 2 is 2.14 bits per heavy atom. The highest BCUT2D eigenvalue weighted by molar-refractivity contribution is 8.00. The Morgan fingerprint density at radius 1 is 1.33 bits per heavy atom. The van der Waals surface area contributed by atoms with Crippen LogP contribution >= 0.6 is 23.5 Å². The zero-order valence-electron chi connectivity index (χ0n) is 12.9. The van der Waals surface area contributed by atoms with Gasteiger partial charge < -0.3 is 10.6 Å². The van der Waals surface area contributed by atoms with Gasteiger partial charge in [0.2, 0.25) is 0 Å². The van der Waals surface area contributed by atoms with Crippen molar-refractivity contribution in [1.82, 2.24) is 10.6 Å². The second kappa shape index (κ2) is 8.59. The van der Waals surface area contributed by atoms with Gasteiger partial charge in [-0.1, -0.05) is 18.2 Å². The summed E-state index contributed by atoms with van der Waals surface area (Å²) in [5.41, 5.74) is 0. The van der Waals surface area contributed by atoms with E-state index in [0.29, 0.717) is 4.75 Å². The van der Waals surface area contributed by atoms with Crippen molar-refractivity contribution in [2.45, 2.75) is 29.4 Å². The summed E-state index contributed by atoms with van der Waals surface area (Å²) in [6.45, 7) is 4.25. The summed E-state index contributed by atoms with van der Waals surface area (Å²) in [5, 5.41) is 6.85. The summed E-state index contributed by atoms with van der Waals surface area (Å²) < 4.78 is 0.371. The maximum atomic E-state index is 4.30. The van der Waals surface area contributed by atoms with E-state index in [1.165, 1.54) is 23.5 Å². The van der Waals surface area contributed by atoms with Crippen LogP contribution in [0, 0.1) is 0 Å². The molecule has 0 bridgehead atoms. The van der Waals surface area contributed by atoms with Crippen molar-refractivity contribution in [2.75, 3.05) is 31.6 Å². The van der Waals surface area contributed by atoms with Gasteiger partial charge in [-0.2, -0.15) is 11.8 Å². The van der Waals surface area contributed by atoms with Gasteiger partial charge in [-0.05, 0) is 37.7 Å². The van der Waals surface area contributed by atoms with E-state index in [1.807, 2.05) is 18.8 Å². The lowest BCUT2D eigenvalue weighted by Gasteiger charge is -2.24. The molecule has 3 nitrogen and oxygen atoms in total. The molecule has 1 heterocycles. The van der Waals surface area contributed by atoms with Gasteiger partial charge in [0, 0.05) is 35.5 Å². The maximum absolute atomic E-state index is 4.30. The largest absolute Gasteiger partial charge is 0.356 e. The average molecular weight is 324 g/mol. The highest BCUT2D eigenvalue weighted by Crippen LogP contribution is 2.36. The van der Waals surface area contributed by atoms with Crippen molar-refractivity contribution in [1.29, 1.82) is 0 Å². The topological polar surface area (TPSA) is 36.4 Å². The van der Waals surface area contributed by atoms with Crippen LogP contribution < -0.4 is 10.6 Å². The Morgan fingerprint density at radius 3 is 2.81 bits per heavy atom. The van der Waals surface area contributed by atoms with E-state index in [4.69, 9.17) is 0 Å². The van der Waals surface area contributed by atoms with Gasteiger partial charge >= 0.3 is 0 Å². The van der Waals surface area contributed by atoms with E-state index >= 15 is 0 Å². The van der Waals surface area contributed by atoms with Gasteiger partial charge in [0.05, 0.1) is 0 Å². The summed E-state index contributed by atoms with van der Waals surface area (Å²) in [6.07, 6.45) is 2.63. The monoisotopic (exact) mass is 323 g/mol. The van der Waals surface area contributed by atoms with Crippen molar-refractivity contribution in [3.8, 4) is 0 Å². The third-order valence-electron chi connectivity index (χ3n) is 3.56. The smallest absolute Gasteiger partial charge is 0.191 e. The van der Waals surface area contributed by atoms with E-state index in [2.05, 4.69) is 64.6 Å². The van der Waals surface area contributed by atoms with Gasteiger partial charge in [-0.25, -0.2) is 0 Å². The Balaban J connectivity index is 1.64. The predicted octanol–water partition coefficient (Wildman–Crippen LogP) is 3.23. The molecule has 1 unspecified atom stereocenters. The zero-order valence-corrected chi connectivity index (χ0v) is 14.5. The van der Waals surface area contributed by atoms with Crippen molar-refractivity contribution in [3.05, 3.63) is 30.3 Å². The standard InChI is InChI=1S/C16H25N3S2/c1-16(9-6-11-21-16)13-19-15(17-2)18-10-12-20-14-7-4-3-5-8-14/h3-5,7-8H,6,9-13H2,1-2H3,(H2,17,18,19). The molecule has 0 amide bonds. The predicted molar refractivity (Wildman–Crippen MR) is 96.6 cm³/mol. The average Bonchev–Trinajstić information content (AvgIpc) is 2.95. The summed E-state index contributed by atoms with van der Waals surface area (Å²) in [4.78, 5) is 5.62. The van der Waals surface area contributed by atoms with Crippen LogP contribution in [0.4, 0.5) is 0 Å². The fourth-order valence-corrected chi connectivity index (χ4v) is 4.36. The minimum atomic E-state index is 0.371. The Hall–Kier alpha value is -0.810. The number of nitrogens with zero attached hydrogens (tertiary/aromatic N) is 1. The quantitative estimate of drug-likeness (QED) is 0.365. The van der Waals surface area contributed by atoms with Gasteiger partial charge in [0.1, 0.15) is 0 Å². The molecule has 0 aliphatic carbocycles. The van der Waals surface area contributed by atoms with Gasteiger partial charge in [-0.15, -0.1) is 11.8 Å². The number of hydrogen-bond donors (Lipinski definition) is 2. The van der Waals surface area contributed by atoms with E-state index in [9.17, 15) is 0 Å². The molecule has 1 saturated heterocycles. The minimum Gasteiger partial charge on any atom is -0.356 e. The first-order valence-electron chi connectivity index (χ1n) is 7.48. The van der Waals surface area contributed by atoms with E-state index < -0.39 is 0 Å². The second-order valence-corrected chi connectivity index (χ2v) is 8.27. The fourth-order valence-electron chi connectivity index (χ4n) is 2.32. The molecule has 0 saturated carbocycles. The SMILES string of the molecule is CN=C(NCCSc1ccccc1)NCC1(C)CCCS1. The molecule has 2 rings (SSSR count). The summed E-state index contributed by atoms with van der Waals surface area (Å²) >= 11 is 3.94. The van der Waals surface area contributed by atoms with Crippen molar-refractivity contribution < 1.29 is 0 Å². The number of nitrogens with one attached hydrogen (secondary N) is 2. The van der Waals surface area contributed by atoms with Crippen molar-refractivity contribution in [2.24, 2.45) is 4.99 Å². The number of hydrogen-bond acceptors (Lipinski definition) is 3. The van der Waals surface area contributed by atoms with E-state index in [-0.39, 0.29) is 0 Å². The van der Waals surface area contributed by atoms with Crippen LogP contribution in [0.15, 0.2) is 40.2 Å². The van der Waals surface area contributed by atoms with Gasteiger partial charge in [-0.3, -0.25) is 4.99 Å². The first-order chi connectivity index (χ1) is 10.2. The molecule has 0 radical (unpaired) electrons. The third kappa shape index (κ3) is 5.83. The molecule has 1 fully saturated rings. The third-order valence-corrected chi connectivity index (χ3v) is 6.11. The Bertz CT molecular complexity index is 442. The van der Waals surface area contributed by atoms with Crippen LogP contribution in [-0.4, -0.2) is 42.3 Å². The van der Waals surface area contributed by atoms with Crippen molar-refractivity contribution in [3.63, 3.8) is 0 Å². The molecule has 1 aliphatic heterocycles. The molecule has 0 spiro atoms. The molecule has 1 aromatic rings. The lowest BCUT2D eigenvalue weighted by atomic mass is 10.1. The molecular formula is C16H25N3S2. The molecule has 2 N–H and O–H groups in total. The molecule has 5 heteroatoms. The van der Waals surface area contributed by atoms with Gasteiger partial charge in [0.25, 0.3) is 0 Å². The van der Waals surface area contributed by atoms with Crippen LogP contribution in [0.25, 0.3) is 0 Å². The number of thioether (sulfide) groups is 2. The lowest BCUT2D eigenvalue weighted by Crippen LogP contribution is -2.44. The summed E-state index contributed by atoms with van der Waals surface area (Å²) in [5.74, 6) is 3.24. The minimum absolute atomic E-state index is 0.371. The van der Waals surface area contributed by atoms with Crippen LogP contribution in [-0.2, 0) is 0 Å². The molecule has 1 aromatic carbocycles. The highest BCUT2D eigenvalue weighted by Gasteiger charge is 2.29. The molecule has 116 valence electrons. The zero-order chi connectivity index (χ0) is 15.0. The lowest BCUT2D eigenvalue weighted by molar-refractivity contribution is 0.585. The first-order valence-corrected chi connectivity index (χ1v) is 9.45. The van der Waals surface area contributed by atoms with Gasteiger partial charge in [0.15, 0.2) is 5.96 Å². The first kappa shape index (κ1) is 16.6. The normalized spacial score (nSPS) is 22.3. The second-order valence-electron chi connectivity index (χ2n) is 5.42. The highest BCUT2D eigenvalue weighted by atomic mass is 32.2. The number of aliphatic imine (C=N–C) groups is 1. The molecule has 1 aliphatic rings. The van der Waals surface area contributed by atoms with E-state index in [0.717, 1.165) is 24.8 Å². The summed E-state index contributed by atoms with van der Waals surface area (Å²) in [6, 6.07) is 10.5.